The fourth-order valence-electron chi connectivity index (χ4n) is 3.28. The molecule has 0 aliphatic heterocycles. The Morgan fingerprint density at radius 3 is 2.17 bits per heavy atom. The summed E-state index contributed by atoms with van der Waals surface area (Å²) in [6.45, 7) is 12.6. The summed E-state index contributed by atoms with van der Waals surface area (Å²) < 4.78 is 0. The van der Waals surface area contributed by atoms with Crippen molar-refractivity contribution in [3.05, 3.63) is 59.2 Å². The van der Waals surface area contributed by atoms with Gasteiger partial charge in [-0.15, -0.1) is 0 Å². The van der Waals surface area contributed by atoms with E-state index in [1.54, 1.807) is 11.8 Å². The van der Waals surface area contributed by atoms with Crippen LogP contribution in [0.3, 0.4) is 0 Å². The van der Waals surface area contributed by atoms with Crippen LogP contribution in [0.4, 0.5) is 11.4 Å². The monoisotopic (exact) mass is 395 g/mol. The Bertz CT molecular complexity index is 827. The van der Waals surface area contributed by atoms with Gasteiger partial charge >= 0.3 is 0 Å². The molecule has 0 aliphatic rings. The Hall–Kier alpha value is -2.82. The van der Waals surface area contributed by atoms with E-state index in [4.69, 9.17) is 0 Å². The van der Waals surface area contributed by atoms with Gasteiger partial charge in [0.1, 0.15) is 0 Å². The lowest BCUT2D eigenvalue weighted by atomic mass is 10.1. The summed E-state index contributed by atoms with van der Waals surface area (Å²) in [5.74, 6) is -0.114. The molecular formula is C24H33N3O2. The third-order valence-corrected chi connectivity index (χ3v) is 5.16. The fraction of sp³-hybridized carbons (Fsp3) is 0.417. The molecule has 2 rings (SSSR count). The van der Waals surface area contributed by atoms with E-state index in [-0.39, 0.29) is 18.2 Å². The van der Waals surface area contributed by atoms with Crippen LogP contribution in [0.1, 0.15) is 43.9 Å². The molecule has 0 bridgehead atoms. The number of benzene rings is 2. The average Bonchev–Trinajstić information content (AvgIpc) is 2.69. The van der Waals surface area contributed by atoms with E-state index in [0.717, 1.165) is 35.6 Å². The van der Waals surface area contributed by atoms with E-state index in [0.29, 0.717) is 13.1 Å². The Morgan fingerprint density at radius 2 is 1.62 bits per heavy atom. The standard InChI is InChI=1S/C24H33N3O2/c1-6-26(7-2)22-12-13-23(19(4)16-22)25-24(29)14-15-27(20(5)28)17-21-10-8-18(3)9-11-21/h8-13,16H,6-7,14-15,17H2,1-5H3,(H,25,29). The van der Waals surface area contributed by atoms with Crippen molar-refractivity contribution in [2.45, 2.75) is 47.6 Å². The first kappa shape index (κ1) is 22.5. The maximum atomic E-state index is 12.5. The van der Waals surface area contributed by atoms with Crippen molar-refractivity contribution >= 4 is 23.2 Å². The molecule has 2 aromatic carbocycles. The number of nitrogens with zero attached hydrogens (tertiary/aromatic N) is 2. The van der Waals surface area contributed by atoms with Crippen LogP contribution < -0.4 is 10.2 Å². The minimum Gasteiger partial charge on any atom is -0.372 e. The Labute approximate surface area is 174 Å². The Kier molecular flexibility index (Phi) is 8.25. The Balaban J connectivity index is 1.95. The number of nitrogens with one attached hydrogen (secondary N) is 1. The lowest BCUT2D eigenvalue weighted by Crippen LogP contribution is -2.31. The van der Waals surface area contributed by atoms with E-state index < -0.39 is 0 Å². The summed E-state index contributed by atoms with van der Waals surface area (Å²) in [5, 5.41) is 2.98. The number of anilines is 2. The van der Waals surface area contributed by atoms with E-state index in [1.165, 1.54) is 5.56 Å². The third kappa shape index (κ3) is 6.63. The first-order chi connectivity index (χ1) is 13.8. The van der Waals surface area contributed by atoms with Crippen LogP contribution >= 0.6 is 0 Å². The van der Waals surface area contributed by atoms with Gasteiger partial charge in [0.25, 0.3) is 0 Å². The van der Waals surface area contributed by atoms with Crippen LogP contribution in [-0.2, 0) is 16.1 Å². The van der Waals surface area contributed by atoms with E-state index in [1.807, 2.05) is 50.2 Å². The molecule has 2 amide bonds. The molecule has 0 atom stereocenters. The third-order valence-electron chi connectivity index (χ3n) is 5.16. The number of hydrogen-bond acceptors (Lipinski definition) is 3. The molecule has 156 valence electrons. The van der Waals surface area contributed by atoms with E-state index in [9.17, 15) is 9.59 Å². The number of carbonyl (C=O) groups excluding carboxylic acids is 2. The second-order valence-electron chi connectivity index (χ2n) is 7.40. The van der Waals surface area contributed by atoms with Crippen LogP contribution in [-0.4, -0.2) is 36.3 Å². The van der Waals surface area contributed by atoms with Crippen molar-refractivity contribution in [1.29, 1.82) is 0 Å². The Morgan fingerprint density at radius 1 is 0.966 bits per heavy atom. The molecule has 0 saturated heterocycles. The van der Waals surface area contributed by atoms with Gasteiger partial charge in [-0.3, -0.25) is 9.59 Å². The van der Waals surface area contributed by atoms with Gasteiger partial charge in [0.2, 0.25) is 11.8 Å². The molecule has 0 heterocycles. The minimum absolute atomic E-state index is 0.0295. The highest BCUT2D eigenvalue weighted by molar-refractivity contribution is 5.92. The highest BCUT2D eigenvalue weighted by Crippen LogP contribution is 2.23. The van der Waals surface area contributed by atoms with Gasteiger partial charge in [-0.25, -0.2) is 0 Å². The number of aryl methyl sites for hydroxylation is 2. The number of hydrogen-bond donors (Lipinski definition) is 1. The summed E-state index contributed by atoms with van der Waals surface area (Å²) >= 11 is 0. The zero-order valence-electron chi connectivity index (χ0n) is 18.3. The second kappa shape index (κ2) is 10.6. The SMILES string of the molecule is CCN(CC)c1ccc(NC(=O)CCN(Cc2ccc(C)cc2)C(C)=O)c(C)c1. The number of rotatable bonds is 9. The molecule has 0 spiro atoms. The molecule has 5 heteroatoms. The van der Waals surface area contributed by atoms with Crippen LogP contribution in [0.15, 0.2) is 42.5 Å². The maximum Gasteiger partial charge on any atom is 0.226 e. The van der Waals surface area contributed by atoms with Crippen LogP contribution in [0.25, 0.3) is 0 Å². The van der Waals surface area contributed by atoms with E-state index in [2.05, 4.69) is 30.1 Å². The lowest BCUT2D eigenvalue weighted by molar-refractivity contribution is -0.129. The molecule has 0 aliphatic carbocycles. The molecule has 0 saturated carbocycles. The quantitative estimate of drug-likeness (QED) is 0.679. The average molecular weight is 396 g/mol. The van der Waals surface area contributed by atoms with Crippen molar-refractivity contribution < 1.29 is 9.59 Å². The van der Waals surface area contributed by atoms with Gasteiger partial charge in [-0.05, 0) is 57.0 Å². The molecule has 2 aromatic rings. The zero-order chi connectivity index (χ0) is 21.4. The molecule has 0 aromatic heterocycles. The predicted octanol–water partition coefficient (Wildman–Crippen LogP) is 4.53. The van der Waals surface area contributed by atoms with Crippen molar-refractivity contribution in [1.82, 2.24) is 4.90 Å². The van der Waals surface area contributed by atoms with Crippen molar-refractivity contribution in [2.75, 3.05) is 29.9 Å². The summed E-state index contributed by atoms with van der Waals surface area (Å²) in [6.07, 6.45) is 0.267. The highest BCUT2D eigenvalue weighted by Gasteiger charge is 2.13. The van der Waals surface area contributed by atoms with Crippen molar-refractivity contribution in [3.8, 4) is 0 Å². The first-order valence-electron chi connectivity index (χ1n) is 10.3. The lowest BCUT2D eigenvalue weighted by Gasteiger charge is -2.23. The van der Waals surface area contributed by atoms with Gasteiger partial charge in [-0.1, -0.05) is 29.8 Å². The number of amides is 2. The van der Waals surface area contributed by atoms with Gasteiger partial charge in [0.05, 0.1) is 0 Å². The molecule has 0 unspecified atom stereocenters. The van der Waals surface area contributed by atoms with Gasteiger partial charge in [-0.2, -0.15) is 0 Å². The molecule has 29 heavy (non-hydrogen) atoms. The first-order valence-corrected chi connectivity index (χ1v) is 10.3. The molecule has 5 nitrogen and oxygen atoms in total. The highest BCUT2D eigenvalue weighted by atomic mass is 16.2. The van der Waals surface area contributed by atoms with Gasteiger partial charge < -0.3 is 15.1 Å². The second-order valence-corrected chi connectivity index (χ2v) is 7.40. The van der Waals surface area contributed by atoms with Crippen LogP contribution in [0.2, 0.25) is 0 Å². The largest absolute Gasteiger partial charge is 0.372 e. The maximum absolute atomic E-state index is 12.5. The summed E-state index contributed by atoms with van der Waals surface area (Å²) in [4.78, 5) is 28.4. The van der Waals surface area contributed by atoms with Crippen LogP contribution in [0, 0.1) is 13.8 Å². The van der Waals surface area contributed by atoms with Crippen LogP contribution in [0.5, 0.6) is 0 Å². The number of carbonyl (C=O) groups is 2. The minimum atomic E-state index is -0.0844. The molecular weight excluding hydrogens is 362 g/mol. The van der Waals surface area contributed by atoms with E-state index >= 15 is 0 Å². The topological polar surface area (TPSA) is 52.7 Å². The predicted molar refractivity (Wildman–Crippen MR) is 120 cm³/mol. The van der Waals surface area contributed by atoms with Crippen molar-refractivity contribution in [2.24, 2.45) is 0 Å². The molecule has 0 fully saturated rings. The normalized spacial score (nSPS) is 10.5. The summed E-state index contributed by atoms with van der Waals surface area (Å²) in [6, 6.07) is 14.2. The summed E-state index contributed by atoms with van der Waals surface area (Å²) in [5.41, 5.74) is 5.26. The fourth-order valence-corrected chi connectivity index (χ4v) is 3.28. The van der Waals surface area contributed by atoms with Crippen molar-refractivity contribution in [3.63, 3.8) is 0 Å². The van der Waals surface area contributed by atoms with Gasteiger partial charge in [0.15, 0.2) is 0 Å². The smallest absolute Gasteiger partial charge is 0.226 e. The molecule has 0 radical (unpaired) electrons. The molecule has 1 N–H and O–H groups in total. The summed E-state index contributed by atoms with van der Waals surface area (Å²) in [7, 11) is 0. The zero-order valence-corrected chi connectivity index (χ0v) is 18.3. The van der Waals surface area contributed by atoms with Gasteiger partial charge in [0, 0.05) is 50.9 Å².